The van der Waals surface area contributed by atoms with Crippen LogP contribution >= 0.6 is 0 Å². The summed E-state index contributed by atoms with van der Waals surface area (Å²) in [7, 11) is 0. The van der Waals surface area contributed by atoms with Gasteiger partial charge in [0.05, 0.1) is 5.52 Å². The number of nitrogens with zero attached hydrogens (tertiary/aromatic N) is 4. The van der Waals surface area contributed by atoms with Gasteiger partial charge in [-0.1, -0.05) is 30.7 Å². The topological polar surface area (TPSA) is 131 Å². The number of piperidine rings is 3. The normalized spacial score (nSPS) is 20.6. The van der Waals surface area contributed by atoms with Gasteiger partial charge < -0.3 is 34.1 Å². The van der Waals surface area contributed by atoms with E-state index in [0.29, 0.717) is 62.7 Å². The average Bonchev–Trinajstić information content (AvgIpc) is 3.48. The number of aromatic nitrogens is 1. The fourth-order valence-electron chi connectivity index (χ4n) is 7.82. The zero-order chi connectivity index (χ0) is 32.5. The number of benzene rings is 2. The van der Waals surface area contributed by atoms with E-state index in [1.165, 1.54) is 19.3 Å². The molecule has 3 aromatic rings. The number of likely N-dealkylation sites (tertiary alicyclic amines) is 3. The second-order valence-electron chi connectivity index (χ2n) is 13.5. The Balaban J connectivity index is 1.02. The number of para-hydroxylation sites is 1. The summed E-state index contributed by atoms with van der Waals surface area (Å²) in [4.78, 5) is 63.0. The van der Waals surface area contributed by atoms with Crippen LogP contribution in [-0.2, 0) is 22.5 Å². The lowest BCUT2D eigenvalue weighted by Gasteiger charge is -2.41. The van der Waals surface area contributed by atoms with Crippen molar-refractivity contribution in [1.82, 2.24) is 24.6 Å². The summed E-state index contributed by atoms with van der Waals surface area (Å²) in [6, 6.07) is 11.8. The van der Waals surface area contributed by atoms with Gasteiger partial charge in [0.15, 0.2) is 11.7 Å². The third-order valence-corrected chi connectivity index (χ3v) is 10.4. The molecule has 2 aromatic carbocycles. The number of oxazole rings is 1. The van der Waals surface area contributed by atoms with Gasteiger partial charge in [-0.05, 0) is 87.4 Å². The number of nitrogens with one attached hydrogen (secondary N) is 2. The highest BCUT2D eigenvalue weighted by Gasteiger charge is 2.37. The molecule has 0 bridgehead atoms. The van der Waals surface area contributed by atoms with Crippen LogP contribution in [-0.4, -0.2) is 100 Å². The van der Waals surface area contributed by atoms with Crippen LogP contribution in [0.5, 0.6) is 0 Å². The molecule has 3 saturated heterocycles. The fraction of sp³-hybridized carbons (Fsp3) is 0.543. The van der Waals surface area contributed by atoms with Crippen molar-refractivity contribution < 1.29 is 23.5 Å². The monoisotopic (exact) mass is 644 g/mol. The van der Waals surface area contributed by atoms with Crippen molar-refractivity contribution in [3.63, 3.8) is 0 Å². The molecule has 3 fully saturated rings. The van der Waals surface area contributed by atoms with Crippen LogP contribution in [0.1, 0.15) is 61.6 Å². The number of amides is 4. The standard InChI is InChI=1S/C35H44N6O6/c1-23-19-24(20-29-31(23)37-34(44)46-29)21-30(32(42)39-15-9-26(10-16-39)38-13-5-2-6-14-38)47-35(45)40-17-11-27(12-18-40)41-22-25-7-3-4-8-28(25)36-33(41)43/h3-4,7-8,19-20,26-27,30H,2,5-6,9-18,21-22H2,1H3,(H,36,43)(H,37,44)/t30-/m1/s1. The number of carbonyl (C=O) groups excluding carboxylic acids is 3. The quantitative estimate of drug-likeness (QED) is 0.405. The number of fused-ring (bicyclic) bond motifs is 2. The van der Waals surface area contributed by atoms with Crippen molar-refractivity contribution in [3.8, 4) is 0 Å². The number of hydrogen-bond acceptors (Lipinski definition) is 7. The van der Waals surface area contributed by atoms with Crippen molar-refractivity contribution in [2.24, 2.45) is 0 Å². The average molecular weight is 645 g/mol. The van der Waals surface area contributed by atoms with E-state index in [-0.39, 0.29) is 24.4 Å². The molecule has 4 aliphatic heterocycles. The lowest BCUT2D eigenvalue weighted by atomic mass is 9.98. The van der Waals surface area contributed by atoms with Gasteiger partial charge in [-0.2, -0.15) is 0 Å². The molecule has 0 saturated carbocycles. The fourth-order valence-corrected chi connectivity index (χ4v) is 7.82. The van der Waals surface area contributed by atoms with Gasteiger partial charge in [0.1, 0.15) is 0 Å². The molecule has 0 radical (unpaired) electrons. The van der Waals surface area contributed by atoms with Crippen LogP contribution in [0.3, 0.4) is 0 Å². The van der Waals surface area contributed by atoms with E-state index in [1.54, 1.807) is 11.0 Å². The zero-order valence-electron chi connectivity index (χ0n) is 27.0. The van der Waals surface area contributed by atoms with E-state index < -0.39 is 18.0 Å². The summed E-state index contributed by atoms with van der Waals surface area (Å²) in [5.74, 6) is -0.729. The number of rotatable bonds is 6. The van der Waals surface area contributed by atoms with Gasteiger partial charge in [-0.15, -0.1) is 0 Å². The van der Waals surface area contributed by atoms with Gasteiger partial charge >= 0.3 is 17.9 Å². The minimum Gasteiger partial charge on any atom is -0.436 e. The molecule has 4 aliphatic rings. The Labute approximate surface area is 274 Å². The number of ether oxygens (including phenoxy) is 1. The molecule has 250 valence electrons. The summed E-state index contributed by atoms with van der Waals surface area (Å²) < 4.78 is 11.4. The molecule has 0 aliphatic carbocycles. The predicted molar refractivity (Wildman–Crippen MR) is 176 cm³/mol. The zero-order valence-corrected chi connectivity index (χ0v) is 27.0. The molecule has 2 N–H and O–H groups in total. The van der Waals surface area contributed by atoms with E-state index in [2.05, 4.69) is 15.2 Å². The third kappa shape index (κ3) is 6.74. The molecular formula is C35H44N6O6. The van der Waals surface area contributed by atoms with Gasteiger partial charge in [0.25, 0.3) is 5.91 Å². The first-order chi connectivity index (χ1) is 22.8. The molecule has 12 heteroatoms. The predicted octanol–water partition coefficient (Wildman–Crippen LogP) is 4.47. The van der Waals surface area contributed by atoms with Crippen LogP contribution in [0.25, 0.3) is 11.1 Å². The number of anilines is 1. The summed E-state index contributed by atoms with van der Waals surface area (Å²) in [5.41, 5.74) is 4.51. The Morgan fingerprint density at radius 1 is 0.915 bits per heavy atom. The number of carbonyl (C=O) groups is 3. The maximum atomic E-state index is 14.0. The Morgan fingerprint density at radius 3 is 2.38 bits per heavy atom. The van der Waals surface area contributed by atoms with Crippen LogP contribution in [0.15, 0.2) is 45.6 Å². The van der Waals surface area contributed by atoms with Crippen molar-refractivity contribution in [2.75, 3.05) is 44.6 Å². The highest BCUT2D eigenvalue weighted by atomic mass is 16.6. The van der Waals surface area contributed by atoms with Crippen LogP contribution in [0.2, 0.25) is 0 Å². The lowest BCUT2D eigenvalue weighted by molar-refractivity contribution is -0.142. The Bertz CT molecular complexity index is 1680. The van der Waals surface area contributed by atoms with Crippen LogP contribution in [0, 0.1) is 6.92 Å². The molecule has 4 amide bonds. The van der Waals surface area contributed by atoms with E-state index in [0.717, 1.165) is 48.3 Å². The molecule has 5 heterocycles. The van der Waals surface area contributed by atoms with Crippen LogP contribution < -0.4 is 11.1 Å². The molecule has 12 nitrogen and oxygen atoms in total. The second kappa shape index (κ2) is 13.4. The molecule has 0 spiro atoms. The highest BCUT2D eigenvalue weighted by molar-refractivity contribution is 5.92. The van der Waals surface area contributed by atoms with Crippen molar-refractivity contribution in [3.05, 3.63) is 63.6 Å². The Hall–Kier alpha value is -4.32. The van der Waals surface area contributed by atoms with Crippen molar-refractivity contribution >= 4 is 34.8 Å². The van der Waals surface area contributed by atoms with Crippen molar-refractivity contribution in [1.29, 1.82) is 0 Å². The van der Waals surface area contributed by atoms with Gasteiger partial charge in [0, 0.05) is 56.9 Å². The first-order valence-electron chi connectivity index (χ1n) is 17.1. The van der Waals surface area contributed by atoms with E-state index >= 15 is 0 Å². The third-order valence-electron chi connectivity index (χ3n) is 10.4. The first kappa shape index (κ1) is 31.3. The Morgan fingerprint density at radius 2 is 1.62 bits per heavy atom. The first-order valence-corrected chi connectivity index (χ1v) is 17.1. The maximum Gasteiger partial charge on any atom is 0.417 e. The summed E-state index contributed by atoms with van der Waals surface area (Å²) in [6.45, 7) is 6.78. The van der Waals surface area contributed by atoms with Crippen molar-refractivity contribution in [2.45, 2.75) is 83.0 Å². The van der Waals surface area contributed by atoms with E-state index in [9.17, 15) is 19.2 Å². The van der Waals surface area contributed by atoms with Gasteiger partial charge in [-0.3, -0.25) is 9.78 Å². The highest BCUT2D eigenvalue weighted by Crippen LogP contribution is 2.29. The number of hydrogen-bond donors (Lipinski definition) is 2. The molecule has 7 rings (SSSR count). The summed E-state index contributed by atoms with van der Waals surface area (Å²) >= 11 is 0. The Kier molecular flexibility index (Phi) is 8.94. The van der Waals surface area contributed by atoms with E-state index in [1.807, 2.05) is 47.1 Å². The molecule has 1 aromatic heterocycles. The molecule has 47 heavy (non-hydrogen) atoms. The molecule has 0 unspecified atom stereocenters. The van der Waals surface area contributed by atoms with Crippen LogP contribution in [0.4, 0.5) is 15.3 Å². The minimum absolute atomic E-state index is 0.00302. The molecule has 1 atom stereocenters. The SMILES string of the molecule is Cc1cc(C[C@@H](OC(=O)N2CCC(N3Cc4ccccc4NC3=O)CC2)C(=O)N2CCC(N3CCCCC3)CC2)cc2oc(=O)[nH]c12. The molecular weight excluding hydrogens is 600 g/mol. The van der Waals surface area contributed by atoms with Gasteiger partial charge in [-0.25, -0.2) is 14.4 Å². The summed E-state index contributed by atoms with van der Waals surface area (Å²) in [6.07, 6.45) is 5.46. The smallest absolute Gasteiger partial charge is 0.417 e. The number of H-pyrrole nitrogens is 1. The number of aryl methyl sites for hydroxylation is 1. The maximum absolute atomic E-state index is 14.0. The minimum atomic E-state index is -1.02. The second-order valence-corrected chi connectivity index (χ2v) is 13.5. The summed E-state index contributed by atoms with van der Waals surface area (Å²) in [5, 5.41) is 2.98. The number of aromatic amines is 1. The number of urea groups is 1. The largest absolute Gasteiger partial charge is 0.436 e. The van der Waals surface area contributed by atoms with Gasteiger partial charge in [0.2, 0.25) is 0 Å². The lowest BCUT2D eigenvalue weighted by Crippen LogP contribution is -2.53. The van der Waals surface area contributed by atoms with E-state index in [4.69, 9.17) is 9.15 Å².